The third-order valence-corrected chi connectivity index (χ3v) is 7.86. The van der Waals surface area contributed by atoms with Gasteiger partial charge in [0, 0.05) is 38.6 Å². The number of methoxy groups -OCH3 is 2. The van der Waals surface area contributed by atoms with Crippen LogP contribution in [0.2, 0.25) is 0 Å². The molecule has 0 aliphatic carbocycles. The molecule has 11 atom stereocenters. The van der Waals surface area contributed by atoms with Crippen LogP contribution in [0, 0.1) is 0 Å². The van der Waals surface area contributed by atoms with Gasteiger partial charge in [-0.1, -0.05) is 11.5 Å². The van der Waals surface area contributed by atoms with Crippen LogP contribution in [0.25, 0.3) is 10.4 Å². The fraction of sp³-hybridized carbons (Fsp3) is 0.897. The van der Waals surface area contributed by atoms with Crippen LogP contribution in [-0.2, 0) is 42.7 Å². The maximum atomic E-state index is 12.6. The number of nitrogens with zero attached hydrogens (tertiary/aromatic N) is 3. The van der Waals surface area contributed by atoms with Crippen LogP contribution in [0.3, 0.4) is 0 Å². The van der Waals surface area contributed by atoms with Gasteiger partial charge in [-0.05, 0) is 44.6 Å². The molecule has 0 aromatic rings. The van der Waals surface area contributed by atoms with Crippen molar-refractivity contribution in [1.82, 2.24) is 10.6 Å². The summed E-state index contributed by atoms with van der Waals surface area (Å²) >= 11 is 0. The van der Waals surface area contributed by atoms with E-state index < -0.39 is 86.1 Å². The van der Waals surface area contributed by atoms with Crippen LogP contribution < -0.4 is 10.6 Å². The molecule has 282 valence electrons. The number of alkyl carbamates (subject to hydrolysis) is 1. The van der Waals surface area contributed by atoms with Crippen molar-refractivity contribution < 1.29 is 73.1 Å². The summed E-state index contributed by atoms with van der Waals surface area (Å²) in [6.45, 7) is 1.66. The average Bonchev–Trinajstić information content (AvgIpc) is 3.08. The quantitative estimate of drug-likeness (QED) is 0.0240. The van der Waals surface area contributed by atoms with Gasteiger partial charge in [0.1, 0.15) is 48.8 Å². The maximum Gasteiger partial charge on any atom is 0.407 e. The lowest BCUT2D eigenvalue weighted by Gasteiger charge is -2.43. The van der Waals surface area contributed by atoms with Gasteiger partial charge >= 0.3 is 12.1 Å². The van der Waals surface area contributed by atoms with Crippen LogP contribution >= 0.6 is 0 Å². The van der Waals surface area contributed by atoms with Gasteiger partial charge in [0.25, 0.3) is 0 Å². The van der Waals surface area contributed by atoms with Crippen LogP contribution in [0.1, 0.15) is 51.9 Å². The molecule has 2 rings (SSSR count). The lowest BCUT2D eigenvalue weighted by molar-refractivity contribution is -0.328. The van der Waals surface area contributed by atoms with E-state index in [1.54, 1.807) is 6.92 Å². The van der Waals surface area contributed by atoms with Gasteiger partial charge < -0.3 is 69.3 Å². The Bertz CT molecular complexity index is 1050. The molecule has 49 heavy (non-hydrogen) atoms. The number of esters is 1. The molecule has 20 heteroatoms. The van der Waals surface area contributed by atoms with Gasteiger partial charge in [-0.15, -0.1) is 0 Å². The first-order chi connectivity index (χ1) is 23.5. The molecule has 2 amide bonds. The zero-order valence-electron chi connectivity index (χ0n) is 28.0. The summed E-state index contributed by atoms with van der Waals surface area (Å²) in [5, 5.41) is 60.7. The molecule has 4 unspecified atom stereocenters. The molecule has 0 aromatic carbocycles. The highest BCUT2D eigenvalue weighted by molar-refractivity contribution is 5.84. The second-order valence-corrected chi connectivity index (χ2v) is 11.5. The van der Waals surface area contributed by atoms with Gasteiger partial charge in [0.05, 0.1) is 19.8 Å². The Labute approximate surface area is 283 Å². The number of rotatable bonds is 21. The molecule has 0 aromatic heterocycles. The van der Waals surface area contributed by atoms with Gasteiger partial charge in [-0.25, -0.2) is 9.59 Å². The van der Waals surface area contributed by atoms with E-state index >= 15 is 0 Å². The van der Waals surface area contributed by atoms with Gasteiger partial charge in [-0.3, -0.25) is 4.79 Å². The molecule has 0 spiro atoms. The second-order valence-electron chi connectivity index (χ2n) is 11.5. The number of carbonyl (C=O) groups excluding carboxylic acids is 3. The number of ether oxygens (including phenoxy) is 7. The predicted octanol–water partition coefficient (Wildman–Crippen LogP) is -1.27. The smallest absolute Gasteiger partial charge is 0.407 e. The van der Waals surface area contributed by atoms with E-state index in [9.17, 15) is 39.9 Å². The molecule has 0 saturated carbocycles. The van der Waals surface area contributed by atoms with Crippen molar-refractivity contribution in [3.05, 3.63) is 10.4 Å². The zero-order chi connectivity index (χ0) is 36.3. The molecular weight excluding hydrogens is 658 g/mol. The van der Waals surface area contributed by atoms with Crippen LogP contribution in [-0.4, -0.2) is 158 Å². The molecular formula is C29H51N5O15. The van der Waals surface area contributed by atoms with Crippen LogP contribution in [0.5, 0.6) is 0 Å². The number of aliphatic hydroxyl groups is 5. The maximum absolute atomic E-state index is 12.6. The number of hydrogen-bond donors (Lipinski definition) is 7. The molecule has 2 aliphatic heterocycles. The average molecular weight is 710 g/mol. The summed E-state index contributed by atoms with van der Waals surface area (Å²) in [5.41, 5.74) is 8.31. The molecule has 0 bridgehead atoms. The Balaban J connectivity index is 1.84. The number of aliphatic hydroxyl groups excluding tert-OH is 5. The number of hydrogen-bond acceptors (Lipinski definition) is 16. The molecule has 7 N–H and O–H groups in total. The van der Waals surface area contributed by atoms with Gasteiger partial charge in [0.2, 0.25) is 5.91 Å². The fourth-order valence-electron chi connectivity index (χ4n) is 5.20. The third kappa shape index (κ3) is 13.7. The largest absolute Gasteiger partial charge is 0.464 e. The number of nitrogens with one attached hydrogen (secondary N) is 2. The first-order valence-electron chi connectivity index (χ1n) is 16.2. The highest BCUT2D eigenvalue weighted by Crippen LogP contribution is 2.27. The standard InChI is InChI=1S/C29H51N5O15/c1-4-45-26(41)16(33-19(35)11-6-5-8-13-32-34-30)10-7-9-12-31-29(42)49-25-21(37)18(47-27(44-3)24(25)40)15-46-28-23(39)22(38)20(36)17(48-28)14-43-2/h16-18,20-25,27-28,36-40H,4-15H2,1-3H3,(H,31,42)(H,33,35)/t16-,17?,18?,20+,21+,22-,23?,24?,25-,27-,28+/m0/s1. The van der Waals surface area contributed by atoms with E-state index in [1.165, 1.54) is 14.2 Å². The summed E-state index contributed by atoms with van der Waals surface area (Å²) in [5.74, 6) is -0.891. The van der Waals surface area contributed by atoms with Crippen molar-refractivity contribution in [1.29, 1.82) is 0 Å². The third-order valence-electron chi connectivity index (χ3n) is 7.86. The summed E-state index contributed by atoms with van der Waals surface area (Å²) in [7, 11) is 2.58. The minimum Gasteiger partial charge on any atom is -0.464 e. The van der Waals surface area contributed by atoms with Crippen LogP contribution in [0.4, 0.5) is 4.79 Å². The van der Waals surface area contributed by atoms with E-state index in [0.717, 1.165) is 0 Å². The van der Waals surface area contributed by atoms with Crippen molar-refractivity contribution in [2.45, 2.75) is 119 Å². The Morgan fingerprint density at radius 2 is 1.59 bits per heavy atom. The first kappa shape index (κ1) is 42.3. The number of carbonyl (C=O) groups is 3. The minimum atomic E-state index is -1.65. The Morgan fingerprint density at radius 1 is 0.878 bits per heavy atom. The highest BCUT2D eigenvalue weighted by Gasteiger charge is 2.49. The normalized spacial score (nSPS) is 30.4. The summed E-state index contributed by atoms with van der Waals surface area (Å²) in [6.07, 6.45) is -12.4. The molecule has 2 fully saturated rings. The first-order valence-corrected chi connectivity index (χ1v) is 16.2. The summed E-state index contributed by atoms with van der Waals surface area (Å²) in [6, 6.07) is -0.875. The number of amides is 2. The molecule has 0 radical (unpaired) electrons. The SMILES string of the molecule is CCOC(=O)[C@H](CCCCNC(=O)O[C@@H]1C(O)[C@@H](OC)OC(CO[C@@H]2OC(COC)[C@@H](O)[C@H](O)C2O)[C@H]1O)NC(=O)CCCCCN=[N+]=[N-]. The van der Waals surface area contributed by atoms with Crippen molar-refractivity contribution in [2.24, 2.45) is 5.11 Å². The second kappa shape index (κ2) is 22.8. The van der Waals surface area contributed by atoms with Crippen molar-refractivity contribution in [3.63, 3.8) is 0 Å². The monoisotopic (exact) mass is 709 g/mol. The Hall–Kier alpha value is -2.88. The van der Waals surface area contributed by atoms with E-state index in [-0.39, 0.29) is 38.5 Å². The minimum absolute atomic E-state index is 0.0941. The lowest BCUT2D eigenvalue weighted by Crippen LogP contribution is -2.62. The predicted molar refractivity (Wildman–Crippen MR) is 165 cm³/mol. The summed E-state index contributed by atoms with van der Waals surface area (Å²) in [4.78, 5) is 40.0. The number of azide groups is 1. The van der Waals surface area contributed by atoms with E-state index in [1.807, 2.05) is 0 Å². The fourth-order valence-corrected chi connectivity index (χ4v) is 5.20. The number of unbranched alkanes of at least 4 members (excludes halogenated alkanes) is 3. The topological polar surface area (TPSA) is 290 Å². The summed E-state index contributed by atoms with van der Waals surface area (Å²) < 4.78 is 37.0. The van der Waals surface area contributed by atoms with E-state index in [2.05, 4.69) is 20.7 Å². The highest BCUT2D eigenvalue weighted by atomic mass is 16.7. The molecule has 2 aliphatic rings. The Morgan fingerprint density at radius 3 is 2.27 bits per heavy atom. The van der Waals surface area contributed by atoms with E-state index in [0.29, 0.717) is 38.6 Å². The van der Waals surface area contributed by atoms with Crippen LogP contribution in [0.15, 0.2) is 5.11 Å². The molecule has 2 heterocycles. The van der Waals surface area contributed by atoms with Crippen molar-refractivity contribution in [3.8, 4) is 0 Å². The van der Waals surface area contributed by atoms with Gasteiger partial charge in [0.15, 0.2) is 18.7 Å². The van der Waals surface area contributed by atoms with Gasteiger partial charge in [-0.2, -0.15) is 0 Å². The van der Waals surface area contributed by atoms with Crippen molar-refractivity contribution in [2.75, 3.05) is 47.1 Å². The zero-order valence-corrected chi connectivity index (χ0v) is 28.0. The van der Waals surface area contributed by atoms with E-state index in [4.69, 9.17) is 38.7 Å². The van der Waals surface area contributed by atoms with Crippen molar-refractivity contribution >= 4 is 18.0 Å². The lowest BCUT2D eigenvalue weighted by atomic mass is 9.98. The molecule has 20 nitrogen and oxygen atoms in total. The molecule has 2 saturated heterocycles. The Kier molecular flexibility index (Phi) is 19.6.